The van der Waals surface area contributed by atoms with E-state index in [1.807, 2.05) is 0 Å². The molecule has 0 aromatic heterocycles. The number of hydrogen-bond donors (Lipinski definition) is 0. The van der Waals surface area contributed by atoms with Crippen molar-refractivity contribution in [3.05, 3.63) is 282 Å². The molecule has 3 aliphatic carbocycles. The SMILES string of the molecule is CC1(C)c2ccccc2-c2cc(-c3cc4c(cc3N(c3ccc5c6ccccc6c6ccccc6c5c3)c3cc5ccccc5c5ccccc35)C3(c5ccccc5-c5ccccc53)c3ccccc3-4)ccc21. The Labute approximate surface area is 424 Å². The van der Waals surface area contributed by atoms with E-state index < -0.39 is 5.41 Å². The van der Waals surface area contributed by atoms with Gasteiger partial charge in [0, 0.05) is 22.1 Å². The third kappa shape index (κ3) is 5.36. The first-order valence-corrected chi connectivity index (χ1v) is 25.7. The summed E-state index contributed by atoms with van der Waals surface area (Å²) in [4.78, 5) is 2.63. The summed E-state index contributed by atoms with van der Waals surface area (Å²) in [6.45, 7) is 4.76. The quantitative estimate of drug-likeness (QED) is 0.159. The van der Waals surface area contributed by atoms with Gasteiger partial charge in [0.2, 0.25) is 0 Å². The van der Waals surface area contributed by atoms with Gasteiger partial charge in [-0.15, -0.1) is 0 Å². The molecule has 0 N–H and O–H groups in total. The van der Waals surface area contributed by atoms with E-state index in [0.29, 0.717) is 0 Å². The highest BCUT2D eigenvalue weighted by atomic mass is 15.1. The molecule has 3 aliphatic rings. The van der Waals surface area contributed by atoms with Crippen LogP contribution in [0.4, 0.5) is 17.1 Å². The van der Waals surface area contributed by atoms with Crippen LogP contribution in [0.15, 0.2) is 249 Å². The van der Waals surface area contributed by atoms with Crippen LogP contribution in [0.25, 0.3) is 98.4 Å². The van der Waals surface area contributed by atoms with Crippen molar-refractivity contribution in [2.75, 3.05) is 4.90 Å². The van der Waals surface area contributed by atoms with Crippen molar-refractivity contribution in [1.29, 1.82) is 0 Å². The van der Waals surface area contributed by atoms with E-state index in [2.05, 4.69) is 267 Å². The largest absolute Gasteiger partial charge is 0.309 e. The third-order valence-electron chi connectivity index (χ3n) is 17.2. The molecule has 0 saturated heterocycles. The average Bonchev–Trinajstić information content (AvgIpc) is 4.01. The minimum absolute atomic E-state index is 0.117. The predicted molar refractivity (Wildman–Crippen MR) is 308 cm³/mol. The van der Waals surface area contributed by atoms with E-state index in [1.165, 1.54) is 132 Å². The molecule has 0 heterocycles. The number of rotatable bonds is 4. The summed E-state index contributed by atoms with van der Waals surface area (Å²) >= 11 is 0. The summed E-state index contributed by atoms with van der Waals surface area (Å²) in [5, 5.41) is 12.5. The highest BCUT2D eigenvalue weighted by Gasteiger charge is 2.52. The summed E-state index contributed by atoms with van der Waals surface area (Å²) in [5.74, 6) is 0. The molecule has 16 rings (SSSR count). The van der Waals surface area contributed by atoms with Gasteiger partial charge in [-0.1, -0.05) is 226 Å². The number of hydrogen-bond acceptors (Lipinski definition) is 1. The van der Waals surface area contributed by atoms with Crippen LogP contribution in [0, 0.1) is 0 Å². The van der Waals surface area contributed by atoms with Gasteiger partial charge in [-0.2, -0.15) is 0 Å². The van der Waals surface area contributed by atoms with Gasteiger partial charge in [-0.25, -0.2) is 0 Å². The Bertz CT molecular complexity index is 4470. The second-order valence-electron chi connectivity index (χ2n) is 21.1. The van der Waals surface area contributed by atoms with Crippen molar-refractivity contribution < 1.29 is 0 Å². The standard InChI is InChI=1S/C72H47N/c1-71(2)63-31-15-11-28-56(63)61-39-45(35-38-64(61)71)59-42-62-57-29-14-18-34-67(57)72(65-32-16-12-26-54(65)55-27-13-17-33-66(55)72)68(62)43-70(59)73(69-40-44-19-3-4-20-47(44)48-21-9-10-30-58(48)69)46-36-37-53-51-24-6-5-22-49(51)50-23-7-8-25-52(50)60(53)41-46/h3-43H,1-2H3. The van der Waals surface area contributed by atoms with E-state index in [9.17, 15) is 0 Å². The van der Waals surface area contributed by atoms with Gasteiger partial charge in [-0.3, -0.25) is 0 Å². The maximum absolute atomic E-state index is 2.63. The van der Waals surface area contributed by atoms with E-state index in [0.717, 1.165) is 17.1 Å². The van der Waals surface area contributed by atoms with Gasteiger partial charge in [0.05, 0.1) is 16.8 Å². The Morgan fingerprint density at radius 1 is 0.260 bits per heavy atom. The van der Waals surface area contributed by atoms with Crippen LogP contribution in [0.2, 0.25) is 0 Å². The monoisotopic (exact) mass is 925 g/mol. The molecule has 0 unspecified atom stereocenters. The molecule has 0 fully saturated rings. The molecule has 340 valence electrons. The molecule has 0 atom stereocenters. The molecule has 1 nitrogen and oxygen atoms in total. The van der Waals surface area contributed by atoms with Crippen molar-refractivity contribution >= 4 is 70.9 Å². The van der Waals surface area contributed by atoms with Crippen LogP contribution in [-0.2, 0) is 10.8 Å². The van der Waals surface area contributed by atoms with Gasteiger partial charge in [0.25, 0.3) is 0 Å². The molecule has 0 radical (unpaired) electrons. The van der Waals surface area contributed by atoms with E-state index >= 15 is 0 Å². The van der Waals surface area contributed by atoms with Crippen LogP contribution in [0.3, 0.4) is 0 Å². The predicted octanol–water partition coefficient (Wildman–Crippen LogP) is 19.2. The maximum atomic E-state index is 2.63. The molecular weight excluding hydrogens is 879 g/mol. The summed E-state index contributed by atoms with van der Waals surface area (Å²) < 4.78 is 0. The highest BCUT2D eigenvalue weighted by molar-refractivity contribution is 6.26. The van der Waals surface area contributed by atoms with Crippen molar-refractivity contribution in [3.8, 4) is 44.5 Å². The number of anilines is 3. The lowest BCUT2D eigenvalue weighted by atomic mass is 9.70. The third-order valence-corrected chi connectivity index (χ3v) is 17.2. The number of nitrogens with zero attached hydrogens (tertiary/aromatic N) is 1. The van der Waals surface area contributed by atoms with Crippen LogP contribution >= 0.6 is 0 Å². The zero-order valence-corrected chi connectivity index (χ0v) is 40.6. The maximum Gasteiger partial charge on any atom is 0.0726 e. The smallest absolute Gasteiger partial charge is 0.0726 e. The average molecular weight is 926 g/mol. The first-order valence-electron chi connectivity index (χ1n) is 25.7. The first kappa shape index (κ1) is 40.7. The fourth-order valence-corrected chi connectivity index (χ4v) is 14.1. The lowest BCUT2D eigenvalue weighted by molar-refractivity contribution is 0.660. The van der Waals surface area contributed by atoms with Gasteiger partial charge < -0.3 is 4.90 Å². The first-order chi connectivity index (χ1) is 36.0. The molecule has 1 spiro atoms. The Hall–Kier alpha value is -9.04. The second-order valence-corrected chi connectivity index (χ2v) is 21.1. The number of benzene rings is 13. The van der Waals surface area contributed by atoms with Crippen LogP contribution in [-0.4, -0.2) is 0 Å². The Balaban J connectivity index is 1.08. The van der Waals surface area contributed by atoms with Crippen LogP contribution in [0.5, 0.6) is 0 Å². The minimum Gasteiger partial charge on any atom is -0.309 e. The summed E-state index contributed by atoms with van der Waals surface area (Å²) in [5.41, 5.74) is 21.0. The molecule has 0 bridgehead atoms. The second kappa shape index (κ2) is 14.8. The molecule has 0 amide bonds. The number of fused-ring (bicyclic) bond motifs is 22. The minimum atomic E-state index is -0.539. The Morgan fingerprint density at radius 2 is 0.699 bits per heavy atom. The van der Waals surface area contributed by atoms with Gasteiger partial charge in [0.1, 0.15) is 0 Å². The highest BCUT2D eigenvalue weighted by Crippen LogP contribution is 2.65. The molecular formula is C72H47N. The molecule has 73 heavy (non-hydrogen) atoms. The van der Waals surface area contributed by atoms with Crippen molar-refractivity contribution in [3.63, 3.8) is 0 Å². The van der Waals surface area contributed by atoms with Crippen LogP contribution < -0.4 is 4.90 Å². The van der Waals surface area contributed by atoms with Gasteiger partial charge in [-0.05, 0) is 157 Å². The Morgan fingerprint density at radius 3 is 1.32 bits per heavy atom. The Kier molecular flexibility index (Phi) is 8.22. The molecule has 1 heteroatoms. The zero-order chi connectivity index (χ0) is 48.2. The normalized spacial score (nSPS) is 14.1. The van der Waals surface area contributed by atoms with E-state index in [1.54, 1.807) is 0 Å². The summed E-state index contributed by atoms with van der Waals surface area (Å²) in [6, 6.07) is 94.7. The van der Waals surface area contributed by atoms with E-state index in [-0.39, 0.29) is 5.41 Å². The summed E-state index contributed by atoms with van der Waals surface area (Å²) in [6.07, 6.45) is 0. The van der Waals surface area contributed by atoms with Crippen molar-refractivity contribution in [2.24, 2.45) is 0 Å². The van der Waals surface area contributed by atoms with Crippen LogP contribution in [0.1, 0.15) is 47.2 Å². The van der Waals surface area contributed by atoms with Gasteiger partial charge in [0.15, 0.2) is 0 Å². The molecule has 0 aliphatic heterocycles. The van der Waals surface area contributed by atoms with Crippen molar-refractivity contribution in [2.45, 2.75) is 24.7 Å². The topological polar surface area (TPSA) is 3.24 Å². The summed E-state index contributed by atoms with van der Waals surface area (Å²) in [7, 11) is 0. The lowest BCUT2D eigenvalue weighted by Crippen LogP contribution is -2.26. The fourth-order valence-electron chi connectivity index (χ4n) is 14.1. The fraction of sp³-hybridized carbons (Fsp3) is 0.0556. The lowest BCUT2D eigenvalue weighted by Gasteiger charge is -2.34. The molecule has 0 saturated carbocycles. The molecule has 13 aromatic carbocycles. The van der Waals surface area contributed by atoms with E-state index in [4.69, 9.17) is 0 Å². The van der Waals surface area contributed by atoms with Gasteiger partial charge >= 0.3 is 0 Å². The molecule has 13 aromatic rings. The van der Waals surface area contributed by atoms with Crippen molar-refractivity contribution in [1.82, 2.24) is 0 Å². The zero-order valence-electron chi connectivity index (χ0n) is 40.6.